The van der Waals surface area contributed by atoms with Crippen LogP contribution in [0.4, 0.5) is 0 Å². The SMILES string of the molecule is COc1cnc(-c2cccs2)nc1Cl. The number of halogens is 1. The Labute approximate surface area is 90.3 Å². The summed E-state index contributed by atoms with van der Waals surface area (Å²) in [7, 11) is 1.54. The van der Waals surface area contributed by atoms with E-state index in [1.54, 1.807) is 17.5 Å². The Balaban J connectivity index is 2.43. The molecular formula is C9H7ClN2OS. The number of thiophene rings is 1. The second kappa shape index (κ2) is 3.94. The number of rotatable bonds is 2. The van der Waals surface area contributed by atoms with E-state index >= 15 is 0 Å². The largest absolute Gasteiger partial charge is 0.492 e. The first-order valence-electron chi connectivity index (χ1n) is 3.91. The molecule has 2 rings (SSSR count). The highest BCUT2D eigenvalue weighted by Gasteiger charge is 2.07. The number of ether oxygens (including phenoxy) is 1. The summed E-state index contributed by atoms with van der Waals surface area (Å²) in [4.78, 5) is 9.26. The minimum Gasteiger partial charge on any atom is -0.492 e. The van der Waals surface area contributed by atoms with Gasteiger partial charge in [-0.3, -0.25) is 0 Å². The van der Waals surface area contributed by atoms with E-state index in [9.17, 15) is 0 Å². The predicted molar refractivity (Wildman–Crippen MR) is 56.9 cm³/mol. The van der Waals surface area contributed by atoms with Gasteiger partial charge in [-0.05, 0) is 11.4 Å². The third-order valence-electron chi connectivity index (χ3n) is 1.67. The van der Waals surface area contributed by atoms with Crippen LogP contribution < -0.4 is 4.74 Å². The van der Waals surface area contributed by atoms with Crippen LogP contribution in [0.25, 0.3) is 10.7 Å². The van der Waals surface area contributed by atoms with Crippen molar-refractivity contribution in [3.8, 4) is 16.5 Å². The zero-order chi connectivity index (χ0) is 9.97. The number of nitrogens with zero attached hydrogens (tertiary/aromatic N) is 2. The molecule has 14 heavy (non-hydrogen) atoms. The van der Waals surface area contributed by atoms with Gasteiger partial charge in [0.2, 0.25) is 0 Å². The summed E-state index contributed by atoms with van der Waals surface area (Å²) in [6.45, 7) is 0. The van der Waals surface area contributed by atoms with E-state index in [2.05, 4.69) is 9.97 Å². The Hall–Kier alpha value is -1.13. The highest BCUT2D eigenvalue weighted by atomic mass is 35.5. The summed E-state index contributed by atoms with van der Waals surface area (Å²) in [6.07, 6.45) is 1.57. The Morgan fingerprint density at radius 3 is 2.93 bits per heavy atom. The molecule has 0 aliphatic rings. The molecule has 0 amide bonds. The number of methoxy groups -OCH3 is 1. The third kappa shape index (κ3) is 1.71. The molecule has 2 aromatic rings. The number of hydrogen-bond donors (Lipinski definition) is 0. The first-order valence-corrected chi connectivity index (χ1v) is 5.17. The molecule has 0 aliphatic carbocycles. The van der Waals surface area contributed by atoms with Gasteiger partial charge < -0.3 is 4.74 Å². The Morgan fingerprint density at radius 2 is 2.36 bits per heavy atom. The molecule has 0 bridgehead atoms. The van der Waals surface area contributed by atoms with Gasteiger partial charge in [0.05, 0.1) is 18.2 Å². The van der Waals surface area contributed by atoms with E-state index < -0.39 is 0 Å². The van der Waals surface area contributed by atoms with Crippen LogP contribution in [-0.4, -0.2) is 17.1 Å². The monoisotopic (exact) mass is 226 g/mol. The number of aromatic nitrogens is 2. The fourth-order valence-electron chi connectivity index (χ4n) is 1.01. The molecule has 0 radical (unpaired) electrons. The minimum atomic E-state index is 0.339. The maximum atomic E-state index is 5.87. The standard InChI is InChI=1S/C9H7ClN2OS/c1-13-6-5-11-9(12-8(6)10)7-3-2-4-14-7/h2-5H,1H3. The molecule has 0 unspecified atom stereocenters. The molecular weight excluding hydrogens is 220 g/mol. The molecule has 72 valence electrons. The summed E-state index contributed by atoms with van der Waals surface area (Å²) < 4.78 is 4.96. The first kappa shape index (κ1) is 9.43. The van der Waals surface area contributed by atoms with E-state index in [0.29, 0.717) is 16.7 Å². The highest BCUT2D eigenvalue weighted by Crippen LogP contribution is 2.26. The smallest absolute Gasteiger partial charge is 0.175 e. The van der Waals surface area contributed by atoms with Crippen molar-refractivity contribution in [2.75, 3.05) is 7.11 Å². The molecule has 0 N–H and O–H groups in total. The Bertz CT molecular complexity index is 430. The van der Waals surface area contributed by atoms with Crippen LogP contribution in [0.2, 0.25) is 5.15 Å². The lowest BCUT2D eigenvalue weighted by atomic mass is 10.4. The van der Waals surface area contributed by atoms with Crippen LogP contribution >= 0.6 is 22.9 Å². The minimum absolute atomic E-state index is 0.339. The molecule has 0 fully saturated rings. The molecule has 0 aromatic carbocycles. The van der Waals surface area contributed by atoms with Gasteiger partial charge in [-0.25, -0.2) is 9.97 Å². The molecule has 3 nitrogen and oxygen atoms in total. The second-order valence-electron chi connectivity index (χ2n) is 2.53. The van der Waals surface area contributed by atoms with E-state index in [0.717, 1.165) is 4.88 Å². The van der Waals surface area contributed by atoms with E-state index in [-0.39, 0.29) is 0 Å². The van der Waals surface area contributed by atoms with Crippen LogP contribution in [0.1, 0.15) is 0 Å². The normalized spacial score (nSPS) is 10.1. The molecule has 0 saturated heterocycles. The van der Waals surface area contributed by atoms with Gasteiger partial charge in [-0.1, -0.05) is 17.7 Å². The summed E-state index contributed by atoms with van der Waals surface area (Å²) >= 11 is 7.45. The maximum absolute atomic E-state index is 5.87. The van der Waals surface area contributed by atoms with Gasteiger partial charge in [0.25, 0.3) is 0 Å². The van der Waals surface area contributed by atoms with Crippen LogP contribution in [0.5, 0.6) is 5.75 Å². The topological polar surface area (TPSA) is 35.0 Å². The third-order valence-corrected chi connectivity index (χ3v) is 2.81. The fraction of sp³-hybridized carbons (Fsp3) is 0.111. The molecule has 2 heterocycles. The van der Waals surface area contributed by atoms with Crippen molar-refractivity contribution < 1.29 is 4.74 Å². The lowest BCUT2D eigenvalue weighted by Crippen LogP contribution is -1.91. The highest BCUT2D eigenvalue weighted by molar-refractivity contribution is 7.13. The van der Waals surface area contributed by atoms with Crippen molar-refractivity contribution >= 4 is 22.9 Å². The van der Waals surface area contributed by atoms with Crippen LogP contribution in [-0.2, 0) is 0 Å². The van der Waals surface area contributed by atoms with Gasteiger partial charge in [-0.2, -0.15) is 0 Å². The van der Waals surface area contributed by atoms with Crippen molar-refractivity contribution in [2.24, 2.45) is 0 Å². The Morgan fingerprint density at radius 1 is 1.50 bits per heavy atom. The molecule has 0 spiro atoms. The van der Waals surface area contributed by atoms with Crippen molar-refractivity contribution in [1.29, 1.82) is 0 Å². The number of hydrogen-bond acceptors (Lipinski definition) is 4. The Kier molecular flexibility index (Phi) is 2.65. The van der Waals surface area contributed by atoms with E-state index in [1.165, 1.54) is 7.11 Å². The van der Waals surface area contributed by atoms with Crippen molar-refractivity contribution in [1.82, 2.24) is 9.97 Å². The zero-order valence-electron chi connectivity index (χ0n) is 7.40. The van der Waals surface area contributed by atoms with Crippen LogP contribution in [0.3, 0.4) is 0 Å². The summed E-state index contributed by atoms with van der Waals surface area (Å²) in [5.41, 5.74) is 0. The first-order chi connectivity index (χ1) is 6.81. The zero-order valence-corrected chi connectivity index (χ0v) is 8.97. The van der Waals surface area contributed by atoms with Crippen LogP contribution in [0.15, 0.2) is 23.7 Å². The summed E-state index contributed by atoms with van der Waals surface area (Å²) in [5.74, 6) is 1.12. The van der Waals surface area contributed by atoms with Gasteiger partial charge >= 0.3 is 0 Å². The van der Waals surface area contributed by atoms with E-state index in [4.69, 9.17) is 16.3 Å². The lowest BCUT2D eigenvalue weighted by Gasteiger charge is -2.02. The molecule has 0 aliphatic heterocycles. The molecule has 0 saturated carbocycles. The predicted octanol–water partition coefficient (Wildman–Crippen LogP) is 2.87. The molecule has 0 atom stereocenters. The molecule has 5 heteroatoms. The van der Waals surface area contributed by atoms with Crippen molar-refractivity contribution in [3.63, 3.8) is 0 Å². The average Bonchev–Trinajstić information content (AvgIpc) is 2.70. The van der Waals surface area contributed by atoms with Gasteiger partial charge in [0.1, 0.15) is 0 Å². The quantitative estimate of drug-likeness (QED) is 0.739. The van der Waals surface area contributed by atoms with Crippen LogP contribution in [0, 0.1) is 0 Å². The van der Waals surface area contributed by atoms with E-state index in [1.807, 2.05) is 17.5 Å². The van der Waals surface area contributed by atoms with Gasteiger partial charge in [0, 0.05) is 0 Å². The fourth-order valence-corrected chi connectivity index (χ4v) is 1.88. The average molecular weight is 227 g/mol. The summed E-state index contributed by atoms with van der Waals surface area (Å²) in [5, 5.41) is 2.31. The summed E-state index contributed by atoms with van der Waals surface area (Å²) in [6, 6.07) is 3.89. The molecule has 2 aromatic heterocycles. The lowest BCUT2D eigenvalue weighted by molar-refractivity contribution is 0.411. The van der Waals surface area contributed by atoms with Crippen molar-refractivity contribution in [3.05, 3.63) is 28.9 Å². The van der Waals surface area contributed by atoms with Crippen molar-refractivity contribution in [2.45, 2.75) is 0 Å². The van der Waals surface area contributed by atoms with Gasteiger partial charge in [0.15, 0.2) is 16.7 Å². The maximum Gasteiger partial charge on any atom is 0.175 e. The van der Waals surface area contributed by atoms with Gasteiger partial charge in [-0.15, -0.1) is 11.3 Å². The second-order valence-corrected chi connectivity index (χ2v) is 3.84.